The van der Waals surface area contributed by atoms with Gasteiger partial charge in [0.25, 0.3) is 0 Å². The maximum Gasteiger partial charge on any atom is 0.441 e. The van der Waals surface area contributed by atoms with Crippen molar-refractivity contribution >= 4 is 19.9 Å². The number of hydrogen-bond donors (Lipinski definition) is 0. The zero-order valence-corrected chi connectivity index (χ0v) is 29.1. The first-order chi connectivity index (χ1) is 20.8. The Balaban J connectivity index is 1.80. The van der Waals surface area contributed by atoms with Crippen LogP contribution < -0.4 is 9.05 Å². The van der Waals surface area contributed by atoms with Crippen LogP contribution in [0, 0.1) is 0 Å². The van der Waals surface area contributed by atoms with Gasteiger partial charge in [-0.05, 0) is 59.1 Å². The van der Waals surface area contributed by atoms with E-state index in [4.69, 9.17) is 13.8 Å². The third-order valence-electron chi connectivity index (χ3n) is 7.73. The highest BCUT2D eigenvalue weighted by Gasteiger charge is 2.33. The Kier molecular flexibility index (Phi) is 16.3. The number of carbonyl (C=O) groups excluding carboxylic acids is 2. The first kappa shape index (κ1) is 37.6. The Morgan fingerprint density at radius 3 is 1.34 bits per heavy atom. The molecule has 0 aromatic heterocycles. The first-order valence-electron chi connectivity index (χ1n) is 16.6. The van der Waals surface area contributed by atoms with E-state index in [-0.39, 0.29) is 10.8 Å². The summed E-state index contributed by atoms with van der Waals surface area (Å²) in [5.74, 6) is 0.183. The molecular weight excluding hydrogens is 571 g/mol. The Bertz CT molecular complexity index is 1080. The van der Waals surface area contributed by atoms with Crippen molar-refractivity contribution in [2.24, 2.45) is 0 Å². The minimum atomic E-state index is -3.91. The van der Waals surface area contributed by atoms with Gasteiger partial charge in [-0.1, -0.05) is 130 Å². The summed E-state index contributed by atoms with van der Waals surface area (Å²) in [6.45, 7) is 13.0. The summed E-state index contributed by atoms with van der Waals surface area (Å²) in [5, 5.41) is 0. The molecule has 6 nitrogen and oxygen atoms in total. The third kappa shape index (κ3) is 15.4. The average molecular weight is 629 g/mol. The summed E-state index contributed by atoms with van der Waals surface area (Å²) in [6.07, 6.45) is 15.0. The van der Waals surface area contributed by atoms with Crippen molar-refractivity contribution in [1.82, 2.24) is 0 Å². The zero-order valence-electron chi connectivity index (χ0n) is 28.2. The fourth-order valence-electron chi connectivity index (χ4n) is 4.92. The smallest absolute Gasteiger partial charge is 0.441 e. The zero-order chi connectivity index (χ0) is 32.5. The summed E-state index contributed by atoms with van der Waals surface area (Å²) in [6, 6.07) is 14.8. The number of esters is 1. The van der Waals surface area contributed by atoms with Gasteiger partial charge in [-0.3, -0.25) is 4.79 Å². The van der Waals surface area contributed by atoms with E-state index in [1.807, 2.05) is 24.3 Å². The molecule has 0 aliphatic carbocycles. The molecule has 2 aromatic rings. The van der Waals surface area contributed by atoms with Crippen LogP contribution in [0.15, 0.2) is 48.5 Å². The molecule has 44 heavy (non-hydrogen) atoms. The average Bonchev–Trinajstić information content (AvgIpc) is 2.94. The Labute approximate surface area is 267 Å². The van der Waals surface area contributed by atoms with Crippen molar-refractivity contribution in [1.29, 1.82) is 0 Å². The summed E-state index contributed by atoms with van der Waals surface area (Å²) >= 11 is 0. The number of rotatable bonds is 21. The molecule has 0 fully saturated rings. The lowest BCUT2D eigenvalue weighted by Crippen LogP contribution is -2.17. The highest BCUT2D eigenvalue weighted by molar-refractivity contribution is 7.55. The molecule has 0 aliphatic rings. The molecule has 0 atom stereocenters. The van der Waals surface area contributed by atoms with Crippen molar-refractivity contribution < 1.29 is 27.9 Å². The lowest BCUT2D eigenvalue weighted by atomic mass is 9.87. The van der Waals surface area contributed by atoms with E-state index >= 15 is 0 Å². The quantitative estimate of drug-likeness (QED) is 0.0592. The van der Waals surface area contributed by atoms with Crippen LogP contribution in [0.4, 0.5) is 0 Å². The van der Waals surface area contributed by atoms with E-state index in [0.29, 0.717) is 24.5 Å². The van der Waals surface area contributed by atoms with Crippen LogP contribution in [0.2, 0.25) is 0 Å². The van der Waals surface area contributed by atoms with E-state index in [1.54, 1.807) is 24.3 Å². The molecule has 7 heteroatoms. The molecule has 0 radical (unpaired) electrons. The minimum absolute atomic E-state index is 0.0314. The lowest BCUT2D eigenvalue weighted by molar-refractivity contribution is -0.140. The van der Waals surface area contributed by atoms with Crippen LogP contribution in [-0.4, -0.2) is 25.0 Å². The van der Waals surface area contributed by atoms with Crippen molar-refractivity contribution in [3.8, 4) is 11.5 Å². The fourth-order valence-corrected chi connectivity index (χ4v) is 6.38. The Morgan fingerprint density at radius 1 is 0.614 bits per heavy atom. The van der Waals surface area contributed by atoms with E-state index in [2.05, 4.69) is 41.5 Å². The minimum Gasteiger partial charge on any atom is -0.465 e. The summed E-state index contributed by atoms with van der Waals surface area (Å²) in [7, 11) is -3.91. The highest BCUT2D eigenvalue weighted by Crippen LogP contribution is 2.49. The Morgan fingerprint density at radius 2 is 0.977 bits per heavy atom. The number of hydrogen-bond acceptors (Lipinski definition) is 6. The van der Waals surface area contributed by atoms with Crippen LogP contribution in [0.1, 0.15) is 136 Å². The molecule has 2 aromatic carbocycles. The molecule has 0 unspecified atom stereocenters. The van der Waals surface area contributed by atoms with Crippen LogP contribution in [-0.2, 0) is 29.7 Å². The van der Waals surface area contributed by atoms with Gasteiger partial charge in [0.05, 0.1) is 6.61 Å². The molecule has 0 spiro atoms. The third-order valence-corrected chi connectivity index (χ3v) is 9.36. The number of ether oxygens (including phenoxy) is 1. The molecule has 2 rings (SSSR count). The van der Waals surface area contributed by atoms with E-state index in [0.717, 1.165) is 49.5 Å². The molecular formula is C37H57O6P. The van der Waals surface area contributed by atoms with Gasteiger partial charge < -0.3 is 18.6 Å². The molecule has 0 saturated carbocycles. The van der Waals surface area contributed by atoms with Crippen LogP contribution in [0.5, 0.6) is 11.5 Å². The molecule has 0 aliphatic heterocycles. The first-order valence-corrected chi connectivity index (χ1v) is 18.3. The highest BCUT2D eigenvalue weighted by atomic mass is 31.2. The summed E-state index contributed by atoms with van der Waals surface area (Å²) in [4.78, 5) is 23.1. The second-order valence-electron chi connectivity index (χ2n) is 13.9. The van der Waals surface area contributed by atoms with Gasteiger partial charge >= 0.3 is 13.6 Å². The molecule has 0 heterocycles. The number of benzene rings is 2. The standard InChI is InChI=1S/C37H57O6P/c1-36(2,3)31-20-24-33(25-21-31)42-44(40,43-34-26-22-32(23-27-34)37(4,5)6)30-35(39)41-29-19-17-15-13-11-9-7-8-10-12-14-16-18-28-38/h20-28H,7-19,29-30H2,1-6H3. The van der Waals surface area contributed by atoms with Gasteiger partial charge in [0, 0.05) is 6.42 Å². The van der Waals surface area contributed by atoms with Gasteiger partial charge in [0.2, 0.25) is 0 Å². The van der Waals surface area contributed by atoms with Crippen LogP contribution in [0.3, 0.4) is 0 Å². The SMILES string of the molecule is CC(C)(C)c1ccc(OP(=O)(CC(=O)OCCCCCCCCCCCCCCC=O)Oc2ccc(C(C)(C)C)cc2)cc1. The van der Waals surface area contributed by atoms with Gasteiger partial charge in [-0.15, -0.1) is 0 Å². The maximum atomic E-state index is 13.9. The predicted molar refractivity (Wildman–Crippen MR) is 181 cm³/mol. The Hall–Kier alpha value is -2.59. The van der Waals surface area contributed by atoms with Crippen LogP contribution in [0.25, 0.3) is 0 Å². The van der Waals surface area contributed by atoms with Crippen molar-refractivity contribution in [2.45, 2.75) is 136 Å². The van der Waals surface area contributed by atoms with Crippen molar-refractivity contribution in [3.63, 3.8) is 0 Å². The molecule has 0 amide bonds. The lowest BCUT2D eigenvalue weighted by Gasteiger charge is -2.22. The number of unbranched alkanes of at least 4 members (excludes halogenated alkanes) is 12. The maximum absolute atomic E-state index is 13.9. The van der Waals surface area contributed by atoms with Gasteiger partial charge in [0.15, 0.2) is 6.16 Å². The topological polar surface area (TPSA) is 78.9 Å². The molecule has 0 saturated heterocycles. The van der Waals surface area contributed by atoms with Gasteiger partial charge in [-0.25, -0.2) is 4.57 Å². The monoisotopic (exact) mass is 628 g/mol. The number of aldehydes is 1. The normalized spacial score (nSPS) is 12.1. The summed E-state index contributed by atoms with van der Waals surface area (Å²) in [5.41, 5.74) is 2.18. The fraction of sp³-hybridized carbons (Fsp3) is 0.622. The van der Waals surface area contributed by atoms with E-state index in [1.165, 1.54) is 44.9 Å². The predicted octanol–water partition coefficient (Wildman–Crippen LogP) is 10.7. The molecule has 0 N–H and O–H groups in total. The van der Waals surface area contributed by atoms with Crippen LogP contribution >= 0.6 is 7.60 Å². The van der Waals surface area contributed by atoms with Crippen molar-refractivity contribution in [2.75, 3.05) is 12.8 Å². The number of carbonyl (C=O) groups is 2. The second-order valence-corrected chi connectivity index (χ2v) is 15.8. The molecule has 246 valence electrons. The summed E-state index contributed by atoms with van der Waals surface area (Å²) < 4.78 is 31.2. The van der Waals surface area contributed by atoms with Crippen molar-refractivity contribution in [3.05, 3.63) is 59.7 Å². The second kappa shape index (κ2) is 19.0. The molecule has 0 bridgehead atoms. The van der Waals surface area contributed by atoms with E-state index in [9.17, 15) is 14.2 Å². The van der Waals surface area contributed by atoms with Gasteiger partial charge in [0.1, 0.15) is 17.8 Å². The van der Waals surface area contributed by atoms with E-state index < -0.39 is 19.7 Å². The van der Waals surface area contributed by atoms with Gasteiger partial charge in [-0.2, -0.15) is 0 Å². The largest absolute Gasteiger partial charge is 0.465 e.